The van der Waals surface area contributed by atoms with E-state index in [0.717, 1.165) is 5.69 Å². The molecule has 118 valence electrons. The van der Waals surface area contributed by atoms with Crippen LogP contribution in [0.15, 0.2) is 25.5 Å². The number of hydrogen-bond donors (Lipinski definition) is 3. The van der Waals surface area contributed by atoms with Gasteiger partial charge in [0.05, 0.1) is 18.3 Å². The topological polar surface area (TPSA) is 133 Å². The quantitative estimate of drug-likeness (QED) is 0.262. The van der Waals surface area contributed by atoms with Crippen molar-refractivity contribution in [2.45, 2.75) is 5.37 Å². The number of rotatable bonds is 8. The molecule has 0 aliphatic carbocycles. The zero-order valence-electron chi connectivity index (χ0n) is 11.7. The number of ether oxygens (including phenoxy) is 1. The van der Waals surface area contributed by atoms with E-state index < -0.39 is 10.9 Å². The Morgan fingerprint density at radius 3 is 2.86 bits per heavy atom. The third kappa shape index (κ3) is 3.57. The summed E-state index contributed by atoms with van der Waals surface area (Å²) in [6.07, 6.45) is 0. The van der Waals surface area contributed by atoms with E-state index in [2.05, 4.69) is 15.3 Å². The van der Waals surface area contributed by atoms with Gasteiger partial charge in [-0.3, -0.25) is 9.59 Å². The predicted octanol–water partition coefficient (Wildman–Crippen LogP) is -0.135. The Hall–Kier alpha value is -2.07. The average molecular weight is 341 g/mol. The maximum absolute atomic E-state index is 11.4. The summed E-state index contributed by atoms with van der Waals surface area (Å²) in [5.41, 5.74) is 12.4. The lowest BCUT2D eigenvalue weighted by molar-refractivity contribution is 0.407. The fourth-order valence-electron chi connectivity index (χ4n) is 1.74. The maximum atomic E-state index is 11.4. The predicted molar refractivity (Wildman–Crippen MR) is 89.5 cm³/mol. The van der Waals surface area contributed by atoms with E-state index in [1.807, 2.05) is 5.38 Å². The van der Waals surface area contributed by atoms with Gasteiger partial charge in [-0.25, -0.2) is 9.98 Å². The standard InChI is InChI=1S/C12H15N5O3S2/c1-20-10-7(8(18)9(10)19)15-2-3-22-11(17-12(13)14)6-4-21-5-16-6/h4-5,11,15H,2-3H2,1H3,(H4,13,14,17). The number of thioether (sulfide) groups is 1. The van der Waals surface area contributed by atoms with Crippen LogP contribution in [0.4, 0.5) is 5.69 Å². The van der Waals surface area contributed by atoms with Crippen LogP contribution in [0.5, 0.6) is 5.75 Å². The minimum Gasteiger partial charge on any atom is -0.491 e. The van der Waals surface area contributed by atoms with Crippen molar-refractivity contribution in [2.75, 3.05) is 24.7 Å². The van der Waals surface area contributed by atoms with E-state index in [1.54, 1.807) is 5.51 Å². The largest absolute Gasteiger partial charge is 0.491 e. The zero-order valence-corrected chi connectivity index (χ0v) is 13.4. The van der Waals surface area contributed by atoms with Gasteiger partial charge in [-0.15, -0.1) is 23.1 Å². The summed E-state index contributed by atoms with van der Waals surface area (Å²) in [6, 6.07) is 0. The van der Waals surface area contributed by atoms with E-state index in [0.29, 0.717) is 12.3 Å². The molecule has 10 heteroatoms. The van der Waals surface area contributed by atoms with E-state index >= 15 is 0 Å². The van der Waals surface area contributed by atoms with Crippen LogP contribution in [0.2, 0.25) is 0 Å². The van der Waals surface area contributed by atoms with Gasteiger partial charge in [0, 0.05) is 17.7 Å². The summed E-state index contributed by atoms with van der Waals surface area (Å²) in [5.74, 6) is 0.680. The van der Waals surface area contributed by atoms with Crippen LogP contribution in [0.25, 0.3) is 0 Å². The lowest BCUT2D eigenvalue weighted by atomic mass is 10.2. The Labute approximate surface area is 134 Å². The van der Waals surface area contributed by atoms with Gasteiger partial charge in [-0.05, 0) is 0 Å². The smallest absolute Gasteiger partial charge is 0.271 e. The molecule has 0 bridgehead atoms. The van der Waals surface area contributed by atoms with Gasteiger partial charge in [0.25, 0.3) is 10.9 Å². The van der Waals surface area contributed by atoms with Gasteiger partial charge < -0.3 is 21.5 Å². The van der Waals surface area contributed by atoms with Crippen molar-refractivity contribution in [3.63, 3.8) is 0 Å². The summed E-state index contributed by atoms with van der Waals surface area (Å²) in [5, 5.41) is 4.46. The third-order valence-electron chi connectivity index (χ3n) is 2.72. The molecule has 0 saturated carbocycles. The molecule has 1 heterocycles. The SMILES string of the molecule is COc1c(NCCSC(N=C(N)N)c2cscn2)c(=O)c1=O. The fraction of sp³-hybridized carbons (Fsp3) is 0.333. The van der Waals surface area contributed by atoms with Crippen LogP contribution in [0, 0.1) is 0 Å². The maximum Gasteiger partial charge on any atom is 0.271 e. The third-order valence-corrected chi connectivity index (χ3v) is 4.43. The normalized spacial score (nSPS) is 12.0. The minimum atomic E-state index is -0.599. The number of nitrogens with zero attached hydrogens (tertiary/aromatic N) is 2. The summed E-state index contributed by atoms with van der Waals surface area (Å²) >= 11 is 2.93. The highest BCUT2D eigenvalue weighted by molar-refractivity contribution is 7.99. The molecule has 0 aliphatic rings. The van der Waals surface area contributed by atoms with E-state index in [9.17, 15) is 9.59 Å². The molecule has 0 amide bonds. The van der Waals surface area contributed by atoms with Gasteiger partial charge in [-0.2, -0.15) is 0 Å². The van der Waals surface area contributed by atoms with E-state index in [1.165, 1.54) is 30.2 Å². The Morgan fingerprint density at radius 1 is 1.50 bits per heavy atom. The molecule has 0 saturated heterocycles. The highest BCUT2D eigenvalue weighted by atomic mass is 32.2. The first kappa shape index (κ1) is 16.3. The average Bonchev–Trinajstić information content (AvgIpc) is 3.02. The number of methoxy groups -OCH3 is 1. The van der Waals surface area contributed by atoms with Crippen molar-refractivity contribution < 1.29 is 4.74 Å². The highest BCUT2D eigenvalue weighted by Crippen LogP contribution is 2.29. The van der Waals surface area contributed by atoms with Crippen molar-refractivity contribution in [1.82, 2.24) is 4.98 Å². The van der Waals surface area contributed by atoms with Gasteiger partial charge in [0.2, 0.25) is 0 Å². The second kappa shape index (κ2) is 7.27. The van der Waals surface area contributed by atoms with Gasteiger partial charge in [0.1, 0.15) is 11.1 Å². The van der Waals surface area contributed by atoms with Gasteiger partial charge >= 0.3 is 0 Å². The molecule has 1 aromatic heterocycles. The van der Waals surface area contributed by atoms with Crippen molar-refractivity contribution in [2.24, 2.45) is 16.5 Å². The number of thiazole rings is 1. The Morgan fingerprint density at radius 2 is 2.27 bits per heavy atom. The Balaban J connectivity index is 1.89. The molecule has 1 unspecified atom stereocenters. The van der Waals surface area contributed by atoms with Crippen molar-refractivity contribution in [1.29, 1.82) is 0 Å². The zero-order chi connectivity index (χ0) is 16.1. The minimum absolute atomic E-state index is 0.0115. The van der Waals surface area contributed by atoms with Crippen LogP contribution < -0.4 is 32.4 Å². The Kier molecular flexibility index (Phi) is 5.39. The summed E-state index contributed by atoms with van der Waals surface area (Å²) in [6.45, 7) is 0.465. The lowest BCUT2D eigenvalue weighted by Gasteiger charge is -2.13. The molecular formula is C12H15N5O3S2. The molecule has 2 rings (SSSR count). The molecule has 0 aliphatic heterocycles. The number of hydrogen-bond acceptors (Lipinski definition) is 8. The molecule has 5 N–H and O–H groups in total. The number of nitrogens with one attached hydrogen (secondary N) is 1. The summed E-state index contributed by atoms with van der Waals surface area (Å²) < 4.78 is 4.85. The molecule has 1 atom stereocenters. The number of aliphatic imine (C=N–C) groups is 1. The molecule has 22 heavy (non-hydrogen) atoms. The first-order valence-electron chi connectivity index (χ1n) is 6.24. The van der Waals surface area contributed by atoms with Crippen LogP contribution in [0.1, 0.15) is 11.1 Å². The second-order valence-corrected chi connectivity index (χ2v) is 6.09. The molecular weight excluding hydrogens is 326 g/mol. The van der Waals surface area contributed by atoms with Crippen LogP contribution in [-0.4, -0.2) is 30.4 Å². The monoisotopic (exact) mass is 341 g/mol. The van der Waals surface area contributed by atoms with Crippen LogP contribution in [-0.2, 0) is 0 Å². The van der Waals surface area contributed by atoms with Crippen LogP contribution in [0.3, 0.4) is 0 Å². The number of aromatic nitrogens is 1. The summed E-state index contributed by atoms with van der Waals surface area (Å²) in [4.78, 5) is 30.9. The van der Waals surface area contributed by atoms with Gasteiger partial charge in [-0.1, -0.05) is 0 Å². The number of guanidine groups is 1. The van der Waals surface area contributed by atoms with Crippen molar-refractivity contribution in [3.8, 4) is 5.75 Å². The van der Waals surface area contributed by atoms with E-state index in [4.69, 9.17) is 16.2 Å². The molecule has 1 aromatic carbocycles. The molecule has 0 radical (unpaired) electrons. The first-order valence-corrected chi connectivity index (χ1v) is 8.23. The van der Waals surface area contributed by atoms with E-state index in [-0.39, 0.29) is 22.8 Å². The molecule has 0 spiro atoms. The first-order chi connectivity index (χ1) is 10.5. The number of anilines is 1. The summed E-state index contributed by atoms with van der Waals surface area (Å²) in [7, 11) is 1.35. The van der Waals surface area contributed by atoms with Crippen molar-refractivity contribution in [3.05, 3.63) is 37.0 Å². The second-order valence-electron chi connectivity index (χ2n) is 4.18. The lowest BCUT2D eigenvalue weighted by Crippen LogP contribution is -2.35. The highest BCUT2D eigenvalue weighted by Gasteiger charge is 2.21. The fourth-order valence-corrected chi connectivity index (χ4v) is 3.34. The van der Waals surface area contributed by atoms with Crippen LogP contribution >= 0.6 is 23.1 Å². The Bertz CT molecular complexity index is 718. The molecule has 2 aromatic rings. The number of nitrogens with two attached hydrogens (primary N) is 2. The molecule has 0 fully saturated rings. The molecule has 8 nitrogen and oxygen atoms in total. The van der Waals surface area contributed by atoms with Gasteiger partial charge in [0.15, 0.2) is 11.7 Å². The van der Waals surface area contributed by atoms with Crippen molar-refractivity contribution >= 4 is 34.7 Å².